The molecule has 0 saturated heterocycles. The second kappa shape index (κ2) is 8.77. The van der Waals surface area contributed by atoms with Gasteiger partial charge in [-0.2, -0.15) is 0 Å². The molecule has 146 valence electrons. The molecule has 0 bridgehead atoms. The Morgan fingerprint density at radius 1 is 0.828 bits per heavy atom. The van der Waals surface area contributed by atoms with Crippen LogP contribution in [0, 0.1) is 6.92 Å². The first-order chi connectivity index (χ1) is 14.1. The van der Waals surface area contributed by atoms with Gasteiger partial charge in [0.05, 0.1) is 0 Å². The molecule has 4 rings (SSSR count). The van der Waals surface area contributed by atoms with Crippen LogP contribution in [0.3, 0.4) is 0 Å². The molecular formula is C25H21Cl2NO. The van der Waals surface area contributed by atoms with Crippen molar-refractivity contribution in [3.63, 3.8) is 0 Å². The van der Waals surface area contributed by atoms with E-state index >= 15 is 0 Å². The van der Waals surface area contributed by atoms with Crippen LogP contribution in [0.15, 0.2) is 78.9 Å². The molecule has 0 aliphatic heterocycles. The lowest BCUT2D eigenvalue weighted by atomic mass is 10.0. The van der Waals surface area contributed by atoms with Crippen molar-refractivity contribution in [3.05, 3.63) is 106 Å². The largest absolute Gasteiger partial charge is 0.488 e. The van der Waals surface area contributed by atoms with Crippen molar-refractivity contribution in [1.29, 1.82) is 0 Å². The maximum atomic E-state index is 6.29. The van der Waals surface area contributed by atoms with Crippen LogP contribution in [0.5, 0.6) is 5.75 Å². The van der Waals surface area contributed by atoms with E-state index in [0.29, 0.717) is 18.2 Å². The SMILES string of the molecule is Cc1ccc(NCc2c(OCc3ccccc3Cl)ccc3ccccc23)cc1Cl. The van der Waals surface area contributed by atoms with E-state index in [1.54, 1.807) is 0 Å². The molecular weight excluding hydrogens is 401 g/mol. The van der Waals surface area contributed by atoms with Crippen LogP contribution in [-0.2, 0) is 13.2 Å². The highest BCUT2D eigenvalue weighted by Gasteiger charge is 2.10. The monoisotopic (exact) mass is 421 g/mol. The number of rotatable bonds is 6. The minimum atomic E-state index is 0.418. The van der Waals surface area contributed by atoms with Crippen LogP contribution in [-0.4, -0.2) is 0 Å². The Kier molecular flexibility index (Phi) is 5.94. The molecule has 0 spiro atoms. The predicted molar refractivity (Wildman–Crippen MR) is 123 cm³/mol. The van der Waals surface area contributed by atoms with Gasteiger partial charge in [0.25, 0.3) is 0 Å². The second-order valence-corrected chi connectivity index (χ2v) is 7.78. The van der Waals surface area contributed by atoms with E-state index in [-0.39, 0.29) is 0 Å². The highest BCUT2D eigenvalue weighted by Crippen LogP contribution is 2.31. The summed E-state index contributed by atoms with van der Waals surface area (Å²) in [6.07, 6.45) is 0. The first kappa shape index (κ1) is 19.6. The van der Waals surface area contributed by atoms with Crippen LogP contribution in [0.2, 0.25) is 10.0 Å². The number of halogens is 2. The van der Waals surface area contributed by atoms with Crippen molar-refractivity contribution >= 4 is 39.7 Å². The third kappa shape index (κ3) is 4.50. The summed E-state index contributed by atoms with van der Waals surface area (Å²) in [7, 11) is 0. The summed E-state index contributed by atoms with van der Waals surface area (Å²) >= 11 is 12.6. The van der Waals surface area contributed by atoms with E-state index in [4.69, 9.17) is 27.9 Å². The Morgan fingerprint density at radius 3 is 2.45 bits per heavy atom. The first-order valence-corrected chi connectivity index (χ1v) is 10.2. The number of hydrogen-bond donors (Lipinski definition) is 1. The molecule has 4 aromatic carbocycles. The van der Waals surface area contributed by atoms with Crippen molar-refractivity contribution in [2.45, 2.75) is 20.1 Å². The van der Waals surface area contributed by atoms with Crippen LogP contribution >= 0.6 is 23.2 Å². The summed E-state index contributed by atoms with van der Waals surface area (Å²) in [5, 5.41) is 7.28. The summed E-state index contributed by atoms with van der Waals surface area (Å²) in [4.78, 5) is 0. The number of anilines is 1. The van der Waals surface area contributed by atoms with Gasteiger partial charge in [-0.3, -0.25) is 0 Å². The van der Waals surface area contributed by atoms with Gasteiger partial charge in [0, 0.05) is 33.4 Å². The van der Waals surface area contributed by atoms with Gasteiger partial charge in [-0.25, -0.2) is 0 Å². The zero-order chi connectivity index (χ0) is 20.2. The molecule has 0 amide bonds. The molecule has 0 fully saturated rings. The van der Waals surface area contributed by atoms with Crippen molar-refractivity contribution < 1.29 is 4.74 Å². The minimum Gasteiger partial charge on any atom is -0.488 e. The summed E-state index contributed by atoms with van der Waals surface area (Å²) in [5.41, 5.74) is 4.11. The number of fused-ring (bicyclic) bond motifs is 1. The fourth-order valence-electron chi connectivity index (χ4n) is 3.30. The summed E-state index contributed by atoms with van der Waals surface area (Å²) in [6.45, 7) is 3.04. The number of benzene rings is 4. The number of hydrogen-bond acceptors (Lipinski definition) is 2. The summed E-state index contributed by atoms with van der Waals surface area (Å²) in [5.74, 6) is 0.842. The third-order valence-electron chi connectivity index (χ3n) is 4.98. The topological polar surface area (TPSA) is 21.3 Å². The molecule has 0 radical (unpaired) electrons. The minimum absolute atomic E-state index is 0.418. The van der Waals surface area contributed by atoms with Crippen molar-refractivity contribution in [3.8, 4) is 5.75 Å². The zero-order valence-corrected chi connectivity index (χ0v) is 17.6. The molecule has 0 aliphatic carbocycles. The fraction of sp³-hybridized carbons (Fsp3) is 0.120. The number of ether oxygens (including phenoxy) is 1. The molecule has 1 N–H and O–H groups in total. The Labute approximate surface area is 181 Å². The molecule has 2 nitrogen and oxygen atoms in total. The van der Waals surface area contributed by atoms with E-state index < -0.39 is 0 Å². The van der Waals surface area contributed by atoms with Crippen molar-refractivity contribution in [2.24, 2.45) is 0 Å². The lowest BCUT2D eigenvalue weighted by Crippen LogP contribution is -2.05. The average molecular weight is 422 g/mol. The van der Waals surface area contributed by atoms with Gasteiger partial charge in [0.15, 0.2) is 0 Å². The van der Waals surface area contributed by atoms with Gasteiger partial charge < -0.3 is 10.1 Å². The molecule has 0 heterocycles. The van der Waals surface area contributed by atoms with Crippen molar-refractivity contribution in [2.75, 3.05) is 5.32 Å². The highest BCUT2D eigenvalue weighted by atomic mass is 35.5. The standard InChI is InChI=1S/C25H21Cl2NO/c1-17-10-12-20(14-24(17)27)28-15-22-21-8-4-2-6-18(21)11-13-25(22)29-16-19-7-3-5-9-23(19)26/h2-14,28H,15-16H2,1H3. The average Bonchev–Trinajstić information content (AvgIpc) is 2.74. The molecule has 4 aromatic rings. The zero-order valence-electron chi connectivity index (χ0n) is 16.1. The lowest BCUT2D eigenvalue weighted by molar-refractivity contribution is 0.304. The van der Waals surface area contributed by atoms with E-state index in [0.717, 1.165) is 38.5 Å². The first-order valence-electron chi connectivity index (χ1n) is 9.48. The van der Waals surface area contributed by atoms with E-state index in [1.807, 2.05) is 67.6 Å². The van der Waals surface area contributed by atoms with Crippen LogP contribution in [0.25, 0.3) is 10.8 Å². The molecule has 4 heteroatoms. The lowest BCUT2D eigenvalue weighted by Gasteiger charge is -2.16. The van der Waals surface area contributed by atoms with E-state index in [9.17, 15) is 0 Å². The smallest absolute Gasteiger partial charge is 0.125 e. The molecule has 0 aliphatic rings. The number of nitrogens with one attached hydrogen (secondary N) is 1. The van der Waals surface area contributed by atoms with Gasteiger partial charge in [0.2, 0.25) is 0 Å². The Morgan fingerprint density at radius 2 is 1.62 bits per heavy atom. The van der Waals surface area contributed by atoms with E-state index in [2.05, 4.69) is 23.5 Å². The van der Waals surface area contributed by atoms with Crippen LogP contribution in [0.1, 0.15) is 16.7 Å². The maximum Gasteiger partial charge on any atom is 0.125 e. The van der Waals surface area contributed by atoms with Crippen LogP contribution in [0.4, 0.5) is 5.69 Å². The fourth-order valence-corrected chi connectivity index (χ4v) is 3.67. The highest BCUT2D eigenvalue weighted by molar-refractivity contribution is 6.31. The number of aryl methyl sites for hydroxylation is 1. The van der Waals surface area contributed by atoms with Crippen LogP contribution < -0.4 is 10.1 Å². The third-order valence-corrected chi connectivity index (χ3v) is 5.76. The Hall–Kier alpha value is -2.68. The predicted octanol–water partition coefficient (Wildman–Crippen LogP) is 7.65. The molecule has 29 heavy (non-hydrogen) atoms. The molecule has 0 unspecified atom stereocenters. The van der Waals surface area contributed by atoms with Crippen molar-refractivity contribution in [1.82, 2.24) is 0 Å². The Bertz CT molecular complexity index is 1160. The molecule has 0 aromatic heterocycles. The molecule has 0 saturated carbocycles. The van der Waals surface area contributed by atoms with Gasteiger partial charge in [-0.15, -0.1) is 0 Å². The summed E-state index contributed by atoms with van der Waals surface area (Å²) in [6, 6.07) is 26.2. The normalized spacial score (nSPS) is 10.9. The Balaban J connectivity index is 1.63. The van der Waals surface area contributed by atoms with Gasteiger partial charge in [-0.1, -0.05) is 77.8 Å². The maximum absolute atomic E-state index is 6.29. The molecule has 0 atom stereocenters. The van der Waals surface area contributed by atoms with Gasteiger partial charge >= 0.3 is 0 Å². The van der Waals surface area contributed by atoms with E-state index in [1.165, 1.54) is 5.39 Å². The second-order valence-electron chi connectivity index (χ2n) is 6.96. The van der Waals surface area contributed by atoms with Gasteiger partial charge in [-0.05, 0) is 47.5 Å². The quantitative estimate of drug-likeness (QED) is 0.345. The summed E-state index contributed by atoms with van der Waals surface area (Å²) < 4.78 is 6.19. The van der Waals surface area contributed by atoms with Gasteiger partial charge in [0.1, 0.15) is 12.4 Å².